The molecule has 0 spiro atoms. The summed E-state index contributed by atoms with van der Waals surface area (Å²) >= 11 is 12.1. The van der Waals surface area contributed by atoms with Crippen molar-refractivity contribution < 1.29 is 18.7 Å². The Labute approximate surface area is 221 Å². The van der Waals surface area contributed by atoms with E-state index in [4.69, 9.17) is 27.9 Å². The maximum atomic E-state index is 14.6. The molecule has 8 heteroatoms. The highest BCUT2D eigenvalue weighted by Gasteiger charge is 2.31. The van der Waals surface area contributed by atoms with E-state index < -0.39 is 17.8 Å². The zero-order chi connectivity index (χ0) is 25.9. The Morgan fingerprint density at radius 2 is 1.75 bits per heavy atom. The summed E-state index contributed by atoms with van der Waals surface area (Å²) in [5, 5.41) is 3.62. The minimum Gasteiger partial charge on any atom is -0.482 e. The fraction of sp³-hybridized carbons (Fsp3) is 0.286. The summed E-state index contributed by atoms with van der Waals surface area (Å²) in [5.41, 5.74) is 1.18. The monoisotopic (exact) mass is 530 g/mol. The summed E-state index contributed by atoms with van der Waals surface area (Å²) in [6, 6.07) is 19.4. The van der Waals surface area contributed by atoms with Crippen LogP contribution in [0.5, 0.6) is 5.75 Å². The quantitative estimate of drug-likeness (QED) is 0.289. The largest absolute Gasteiger partial charge is 0.482 e. The predicted molar refractivity (Wildman–Crippen MR) is 141 cm³/mol. The molecule has 36 heavy (non-hydrogen) atoms. The van der Waals surface area contributed by atoms with Gasteiger partial charge in [0.1, 0.15) is 17.6 Å². The van der Waals surface area contributed by atoms with Gasteiger partial charge in [-0.2, -0.15) is 0 Å². The van der Waals surface area contributed by atoms with Gasteiger partial charge in [0.25, 0.3) is 5.91 Å². The lowest BCUT2D eigenvalue weighted by atomic mass is 10.0. The lowest BCUT2D eigenvalue weighted by Crippen LogP contribution is -2.52. The molecule has 0 fully saturated rings. The number of amides is 2. The number of nitrogens with one attached hydrogen (secondary N) is 1. The minimum atomic E-state index is -0.874. The first-order valence-electron chi connectivity index (χ1n) is 11.8. The summed E-state index contributed by atoms with van der Waals surface area (Å²) in [6.07, 6.45) is 1.99. The van der Waals surface area contributed by atoms with Crippen LogP contribution in [-0.4, -0.2) is 35.9 Å². The van der Waals surface area contributed by atoms with Gasteiger partial charge in [-0.25, -0.2) is 4.39 Å². The van der Waals surface area contributed by atoms with E-state index in [2.05, 4.69) is 5.32 Å². The van der Waals surface area contributed by atoms with Gasteiger partial charge in [-0.05, 0) is 36.2 Å². The highest BCUT2D eigenvalue weighted by Crippen LogP contribution is 2.27. The molecular formula is C28H29Cl2FN2O3. The van der Waals surface area contributed by atoms with Crippen LogP contribution in [0.3, 0.4) is 0 Å². The van der Waals surface area contributed by atoms with Crippen LogP contribution in [-0.2, 0) is 22.6 Å². The molecule has 2 amide bonds. The first-order valence-corrected chi connectivity index (χ1v) is 12.6. The lowest BCUT2D eigenvalue weighted by Gasteiger charge is -2.31. The molecule has 0 bridgehead atoms. The predicted octanol–water partition coefficient (Wildman–Crippen LogP) is 6.07. The highest BCUT2D eigenvalue weighted by atomic mass is 35.5. The third-order valence-corrected chi connectivity index (χ3v) is 6.17. The number of nitrogens with zero attached hydrogens (tertiary/aromatic N) is 1. The zero-order valence-corrected chi connectivity index (χ0v) is 21.6. The van der Waals surface area contributed by atoms with E-state index in [9.17, 15) is 14.0 Å². The van der Waals surface area contributed by atoms with Gasteiger partial charge in [0.15, 0.2) is 6.61 Å². The Morgan fingerprint density at radius 1 is 1.03 bits per heavy atom. The number of carbonyl (C=O) groups excluding carboxylic acids is 2. The molecule has 3 rings (SSSR count). The molecule has 190 valence electrons. The van der Waals surface area contributed by atoms with Crippen LogP contribution >= 0.6 is 23.2 Å². The van der Waals surface area contributed by atoms with Crippen LogP contribution in [0.1, 0.15) is 30.9 Å². The van der Waals surface area contributed by atoms with Crippen molar-refractivity contribution in [3.05, 3.63) is 99.8 Å². The molecule has 1 atom stereocenters. The maximum absolute atomic E-state index is 14.6. The van der Waals surface area contributed by atoms with Crippen molar-refractivity contribution in [2.75, 3.05) is 13.2 Å². The van der Waals surface area contributed by atoms with Crippen LogP contribution in [0.25, 0.3) is 0 Å². The topological polar surface area (TPSA) is 58.6 Å². The average Bonchev–Trinajstić information content (AvgIpc) is 2.87. The highest BCUT2D eigenvalue weighted by molar-refractivity contribution is 6.35. The average molecular weight is 531 g/mol. The summed E-state index contributed by atoms with van der Waals surface area (Å²) in [5.74, 6) is -0.952. The van der Waals surface area contributed by atoms with Gasteiger partial charge < -0.3 is 15.0 Å². The molecule has 3 aromatic rings. The molecule has 0 aromatic heterocycles. The fourth-order valence-corrected chi connectivity index (χ4v) is 4.15. The summed E-state index contributed by atoms with van der Waals surface area (Å²) in [7, 11) is 0. The molecule has 0 saturated carbocycles. The number of hydrogen-bond donors (Lipinski definition) is 1. The van der Waals surface area contributed by atoms with Crippen molar-refractivity contribution in [3.8, 4) is 5.75 Å². The number of ether oxygens (including phenoxy) is 1. The normalized spacial score (nSPS) is 11.6. The Bertz CT molecular complexity index is 1160. The van der Waals surface area contributed by atoms with Crippen molar-refractivity contribution in [1.29, 1.82) is 0 Å². The van der Waals surface area contributed by atoms with Gasteiger partial charge in [0.05, 0.1) is 5.02 Å². The first-order chi connectivity index (χ1) is 17.4. The van der Waals surface area contributed by atoms with E-state index in [1.807, 2.05) is 37.3 Å². The van der Waals surface area contributed by atoms with E-state index in [1.54, 1.807) is 30.3 Å². The molecule has 1 N–H and O–H groups in total. The van der Waals surface area contributed by atoms with Gasteiger partial charge in [0.2, 0.25) is 5.91 Å². The van der Waals surface area contributed by atoms with Crippen LogP contribution in [0.4, 0.5) is 4.39 Å². The SMILES string of the molecule is CCCCNC(=O)[C@@H](Cc1ccccc1)N(Cc1ccccc1F)C(=O)COc1ccc(Cl)cc1Cl. The van der Waals surface area contributed by atoms with Gasteiger partial charge >= 0.3 is 0 Å². The number of benzene rings is 3. The summed E-state index contributed by atoms with van der Waals surface area (Å²) in [4.78, 5) is 28.2. The van der Waals surface area contributed by atoms with Crippen LogP contribution in [0.2, 0.25) is 10.0 Å². The maximum Gasteiger partial charge on any atom is 0.261 e. The molecule has 3 aromatic carbocycles. The molecule has 0 heterocycles. The second kappa shape index (κ2) is 13.9. The third-order valence-electron chi connectivity index (χ3n) is 5.64. The molecule has 0 aliphatic carbocycles. The van der Waals surface area contributed by atoms with E-state index in [1.165, 1.54) is 17.0 Å². The second-order valence-corrected chi connectivity index (χ2v) is 9.17. The van der Waals surface area contributed by atoms with Crippen molar-refractivity contribution in [2.45, 2.75) is 38.8 Å². The van der Waals surface area contributed by atoms with E-state index in [0.29, 0.717) is 17.1 Å². The Kier molecular flexibility index (Phi) is 10.6. The van der Waals surface area contributed by atoms with Gasteiger partial charge in [-0.1, -0.05) is 85.1 Å². The fourth-order valence-electron chi connectivity index (χ4n) is 3.68. The summed E-state index contributed by atoms with van der Waals surface area (Å²) < 4.78 is 20.3. The molecule has 0 aliphatic heterocycles. The molecule has 0 saturated heterocycles. The van der Waals surface area contributed by atoms with Crippen molar-refractivity contribution in [2.24, 2.45) is 0 Å². The van der Waals surface area contributed by atoms with Crippen LogP contribution in [0.15, 0.2) is 72.8 Å². The molecule has 5 nitrogen and oxygen atoms in total. The van der Waals surface area contributed by atoms with Crippen molar-refractivity contribution in [3.63, 3.8) is 0 Å². The van der Waals surface area contributed by atoms with Gasteiger partial charge in [0, 0.05) is 30.1 Å². The lowest BCUT2D eigenvalue weighted by molar-refractivity contribution is -0.142. The molecule has 0 unspecified atom stereocenters. The standard InChI is InChI=1S/C28H29Cl2FN2O3/c1-2-3-15-32-28(35)25(16-20-9-5-4-6-10-20)33(18-21-11-7-8-12-24(21)31)27(34)19-36-26-14-13-22(29)17-23(26)30/h4-14,17,25H,2-3,15-16,18-19H2,1H3,(H,32,35)/t25-/m1/s1. The number of rotatable bonds is 12. The van der Waals surface area contributed by atoms with Gasteiger partial charge in [-0.15, -0.1) is 0 Å². The molecule has 0 aliphatic rings. The third kappa shape index (κ3) is 7.97. The zero-order valence-electron chi connectivity index (χ0n) is 20.1. The minimum absolute atomic E-state index is 0.0953. The first kappa shape index (κ1) is 27.5. The van der Waals surface area contributed by atoms with E-state index in [-0.39, 0.29) is 36.3 Å². The Morgan fingerprint density at radius 3 is 2.44 bits per heavy atom. The molecule has 0 radical (unpaired) electrons. The van der Waals surface area contributed by atoms with E-state index in [0.717, 1.165) is 18.4 Å². The number of carbonyl (C=O) groups is 2. The smallest absolute Gasteiger partial charge is 0.261 e. The van der Waals surface area contributed by atoms with Crippen molar-refractivity contribution in [1.82, 2.24) is 10.2 Å². The second-order valence-electron chi connectivity index (χ2n) is 8.33. The van der Waals surface area contributed by atoms with E-state index >= 15 is 0 Å². The van der Waals surface area contributed by atoms with Gasteiger partial charge in [-0.3, -0.25) is 9.59 Å². The van der Waals surface area contributed by atoms with Crippen molar-refractivity contribution >= 4 is 35.0 Å². The Hall–Kier alpha value is -3.09. The number of hydrogen-bond acceptors (Lipinski definition) is 3. The summed E-state index contributed by atoms with van der Waals surface area (Å²) in [6.45, 7) is 2.03. The Balaban J connectivity index is 1.90. The molecular weight excluding hydrogens is 502 g/mol. The van der Waals surface area contributed by atoms with Crippen LogP contribution in [0, 0.1) is 5.82 Å². The number of unbranched alkanes of at least 4 members (excludes halogenated alkanes) is 1. The van der Waals surface area contributed by atoms with Crippen LogP contribution < -0.4 is 10.1 Å². The number of halogens is 3.